The standard InChI is InChI=1S/C65H108O5/c1-4-7-10-13-16-19-22-25-28-31-32-33-36-39-42-45-48-51-54-57-60-68-61-63(70-65(67)59-56-53-50-47-44-41-38-35-30-27-24-21-18-15-12-9-6-3)62-69-64(66)58-55-52-49-46-43-40-37-34-29-26-23-20-17-14-11-8-5-2/h7-8,10-11,16-17,19-20,25-30,32-33,37,39-40,42,63H,4-6,9,12-15,18,21-24,31,34-36,38,41,43-62H2,1-3H3/b10-7-,11-8-,19-16-,20-17-,28-25-,29-26-,30-27-,33-32-,40-37-,42-39-. The molecule has 1 atom stereocenters. The molecule has 0 radical (unpaired) electrons. The first-order valence-corrected chi connectivity index (χ1v) is 29.1. The van der Waals surface area contributed by atoms with Crippen LogP contribution in [0.2, 0.25) is 0 Å². The zero-order valence-corrected chi connectivity index (χ0v) is 45.7. The Bertz CT molecular complexity index is 1420. The number of carbonyl (C=O) groups is 2. The molecule has 0 amide bonds. The first kappa shape index (κ1) is 66.3. The zero-order chi connectivity index (χ0) is 50.6. The van der Waals surface area contributed by atoms with E-state index in [0.717, 1.165) is 135 Å². The highest BCUT2D eigenvalue weighted by atomic mass is 16.6. The van der Waals surface area contributed by atoms with E-state index >= 15 is 0 Å². The van der Waals surface area contributed by atoms with Gasteiger partial charge < -0.3 is 14.2 Å². The molecule has 0 N–H and O–H groups in total. The number of unbranched alkanes of at least 4 members (excludes halogenated alkanes) is 21. The van der Waals surface area contributed by atoms with Gasteiger partial charge in [0, 0.05) is 19.4 Å². The van der Waals surface area contributed by atoms with Crippen molar-refractivity contribution in [3.63, 3.8) is 0 Å². The fraction of sp³-hybridized carbons (Fsp3) is 0.662. The van der Waals surface area contributed by atoms with Crippen LogP contribution in [-0.4, -0.2) is 37.9 Å². The highest BCUT2D eigenvalue weighted by Gasteiger charge is 2.17. The largest absolute Gasteiger partial charge is 0.462 e. The van der Waals surface area contributed by atoms with Gasteiger partial charge in [-0.05, 0) is 128 Å². The monoisotopic (exact) mass is 969 g/mol. The van der Waals surface area contributed by atoms with Gasteiger partial charge in [0.2, 0.25) is 0 Å². The van der Waals surface area contributed by atoms with Crippen molar-refractivity contribution in [3.8, 4) is 0 Å². The van der Waals surface area contributed by atoms with Crippen LogP contribution in [0.25, 0.3) is 0 Å². The Balaban J connectivity index is 4.41. The molecule has 0 spiro atoms. The van der Waals surface area contributed by atoms with Crippen LogP contribution in [0.15, 0.2) is 122 Å². The molecule has 0 aromatic heterocycles. The molecule has 0 saturated carbocycles. The molecule has 0 aromatic carbocycles. The summed E-state index contributed by atoms with van der Waals surface area (Å²) in [5.74, 6) is -0.447. The average molecular weight is 970 g/mol. The summed E-state index contributed by atoms with van der Waals surface area (Å²) in [6.07, 6.45) is 83.6. The van der Waals surface area contributed by atoms with Crippen molar-refractivity contribution in [2.24, 2.45) is 0 Å². The number of esters is 2. The summed E-state index contributed by atoms with van der Waals surface area (Å²) in [6.45, 7) is 7.51. The number of rotatable bonds is 52. The normalized spacial score (nSPS) is 13.1. The van der Waals surface area contributed by atoms with Crippen LogP contribution in [0.4, 0.5) is 0 Å². The topological polar surface area (TPSA) is 61.8 Å². The van der Waals surface area contributed by atoms with Crippen molar-refractivity contribution in [1.29, 1.82) is 0 Å². The third kappa shape index (κ3) is 56.9. The Morgan fingerprint density at radius 1 is 0.329 bits per heavy atom. The number of allylic oxidation sites excluding steroid dienone is 20. The third-order valence-corrected chi connectivity index (χ3v) is 12.0. The van der Waals surface area contributed by atoms with E-state index in [0.29, 0.717) is 19.4 Å². The second-order valence-electron chi connectivity index (χ2n) is 18.8. The highest BCUT2D eigenvalue weighted by molar-refractivity contribution is 5.70. The lowest BCUT2D eigenvalue weighted by molar-refractivity contribution is -0.163. The van der Waals surface area contributed by atoms with E-state index in [1.54, 1.807) is 0 Å². The highest BCUT2D eigenvalue weighted by Crippen LogP contribution is 2.14. The first-order valence-electron chi connectivity index (χ1n) is 29.1. The maximum absolute atomic E-state index is 12.9. The molecule has 0 aromatic rings. The Kier molecular flexibility index (Phi) is 56.5. The molecule has 0 aliphatic carbocycles. The lowest BCUT2D eigenvalue weighted by Crippen LogP contribution is -2.30. The van der Waals surface area contributed by atoms with Gasteiger partial charge in [0.1, 0.15) is 6.61 Å². The smallest absolute Gasteiger partial charge is 0.306 e. The molecule has 1 unspecified atom stereocenters. The Morgan fingerprint density at radius 2 is 0.643 bits per heavy atom. The van der Waals surface area contributed by atoms with Crippen molar-refractivity contribution in [3.05, 3.63) is 122 Å². The molecule has 0 bridgehead atoms. The van der Waals surface area contributed by atoms with Gasteiger partial charge in [0.05, 0.1) is 6.61 Å². The second-order valence-corrected chi connectivity index (χ2v) is 18.8. The van der Waals surface area contributed by atoms with Crippen LogP contribution >= 0.6 is 0 Å². The Hall–Kier alpha value is -3.70. The minimum Gasteiger partial charge on any atom is -0.462 e. The summed E-state index contributed by atoms with van der Waals surface area (Å²) in [6, 6.07) is 0. The van der Waals surface area contributed by atoms with Crippen LogP contribution in [0.5, 0.6) is 0 Å². The van der Waals surface area contributed by atoms with Crippen LogP contribution in [0.1, 0.15) is 252 Å². The summed E-state index contributed by atoms with van der Waals surface area (Å²) >= 11 is 0. The predicted molar refractivity (Wildman–Crippen MR) is 306 cm³/mol. The lowest BCUT2D eigenvalue weighted by atomic mass is 10.1. The minimum absolute atomic E-state index is 0.0535. The van der Waals surface area contributed by atoms with Gasteiger partial charge in [-0.25, -0.2) is 0 Å². The van der Waals surface area contributed by atoms with E-state index in [4.69, 9.17) is 14.2 Å². The Morgan fingerprint density at radius 3 is 1.04 bits per heavy atom. The van der Waals surface area contributed by atoms with Crippen LogP contribution in [0, 0.1) is 0 Å². The van der Waals surface area contributed by atoms with Gasteiger partial charge in [-0.3, -0.25) is 9.59 Å². The number of hydrogen-bond acceptors (Lipinski definition) is 5. The molecule has 0 aliphatic rings. The van der Waals surface area contributed by atoms with Crippen LogP contribution in [0.3, 0.4) is 0 Å². The SMILES string of the molecule is CC/C=C\C/C=C\C/C=C\C/C=C\C/C=C\CCCCCCOCC(COC(=O)CCCCCC/C=C\C/C=C\C/C=C\C/C=C\CC)OC(=O)CCCCCCCCC/C=C\CCCCCCCC. The second kappa shape index (κ2) is 59.6. The number of ether oxygens (including phenoxy) is 3. The van der Waals surface area contributed by atoms with Gasteiger partial charge in [0.15, 0.2) is 6.10 Å². The van der Waals surface area contributed by atoms with Crippen molar-refractivity contribution >= 4 is 11.9 Å². The summed E-state index contributed by atoms with van der Waals surface area (Å²) in [7, 11) is 0. The van der Waals surface area contributed by atoms with Crippen molar-refractivity contribution in [2.75, 3.05) is 19.8 Å². The molecule has 0 fully saturated rings. The summed E-state index contributed by atoms with van der Waals surface area (Å²) < 4.78 is 17.4. The molecule has 5 heteroatoms. The van der Waals surface area contributed by atoms with E-state index in [1.807, 2.05) is 0 Å². The fourth-order valence-corrected chi connectivity index (χ4v) is 7.70. The predicted octanol–water partition coefficient (Wildman–Crippen LogP) is 20.1. The van der Waals surface area contributed by atoms with E-state index in [-0.39, 0.29) is 25.2 Å². The molecule has 0 rings (SSSR count). The molecule has 70 heavy (non-hydrogen) atoms. The first-order chi connectivity index (χ1) is 34.6. The van der Waals surface area contributed by atoms with Gasteiger partial charge in [-0.2, -0.15) is 0 Å². The van der Waals surface area contributed by atoms with Gasteiger partial charge in [-0.1, -0.05) is 232 Å². The van der Waals surface area contributed by atoms with E-state index in [9.17, 15) is 9.59 Å². The maximum Gasteiger partial charge on any atom is 0.306 e. The molecule has 0 heterocycles. The molecule has 5 nitrogen and oxygen atoms in total. The van der Waals surface area contributed by atoms with Crippen LogP contribution in [-0.2, 0) is 23.8 Å². The van der Waals surface area contributed by atoms with E-state index < -0.39 is 6.10 Å². The van der Waals surface area contributed by atoms with Crippen molar-refractivity contribution in [2.45, 2.75) is 258 Å². The fourth-order valence-electron chi connectivity index (χ4n) is 7.70. The maximum atomic E-state index is 12.9. The third-order valence-electron chi connectivity index (χ3n) is 12.0. The number of carbonyl (C=O) groups excluding carboxylic acids is 2. The van der Waals surface area contributed by atoms with Gasteiger partial charge in [-0.15, -0.1) is 0 Å². The minimum atomic E-state index is -0.572. The van der Waals surface area contributed by atoms with E-state index in [1.165, 1.54) is 83.5 Å². The van der Waals surface area contributed by atoms with Gasteiger partial charge in [0.25, 0.3) is 0 Å². The van der Waals surface area contributed by atoms with E-state index in [2.05, 4.69) is 142 Å². The molecular formula is C65H108O5. The molecule has 398 valence electrons. The zero-order valence-electron chi connectivity index (χ0n) is 45.7. The molecular weight excluding hydrogens is 861 g/mol. The summed E-state index contributed by atoms with van der Waals surface area (Å²) in [4.78, 5) is 25.5. The molecule has 0 aliphatic heterocycles. The van der Waals surface area contributed by atoms with Crippen molar-refractivity contribution < 1.29 is 23.8 Å². The quantitative estimate of drug-likeness (QED) is 0.0345. The number of hydrogen-bond donors (Lipinski definition) is 0. The summed E-state index contributed by atoms with van der Waals surface area (Å²) in [5, 5.41) is 0. The average Bonchev–Trinajstić information content (AvgIpc) is 3.36. The van der Waals surface area contributed by atoms with Crippen molar-refractivity contribution in [1.82, 2.24) is 0 Å². The Labute approximate surface area is 433 Å². The van der Waals surface area contributed by atoms with Gasteiger partial charge >= 0.3 is 11.9 Å². The lowest BCUT2D eigenvalue weighted by Gasteiger charge is -2.18. The van der Waals surface area contributed by atoms with Crippen LogP contribution < -0.4 is 0 Å². The summed E-state index contributed by atoms with van der Waals surface area (Å²) in [5.41, 5.74) is 0. The molecule has 0 saturated heterocycles.